The molecule has 4 bridgehead atoms. The van der Waals surface area contributed by atoms with Crippen molar-refractivity contribution in [3.8, 4) is 5.88 Å². The maximum absolute atomic E-state index is 14.6. The van der Waals surface area contributed by atoms with Crippen LogP contribution in [0.15, 0.2) is 49.2 Å². The summed E-state index contributed by atoms with van der Waals surface area (Å²) in [6.07, 6.45) is 16.5. The van der Waals surface area contributed by atoms with Crippen LogP contribution in [0.5, 0.6) is 5.88 Å². The summed E-state index contributed by atoms with van der Waals surface area (Å²) in [5, 5.41) is 7.72. The first-order valence-electron chi connectivity index (χ1n) is 17.9. The van der Waals surface area contributed by atoms with E-state index in [2.05, 4.69) is 51.2 Å². The van der Waals surface area contributed by atoms with E-state index >= 15 is 0 Å². The third kappa shape index (κ3) is 7.12. The maximum Gasteiger partial charge on any atom is 0.259 e. The first-order valence-corrected chi connectivity index (χ1v) is 19.5. The Labute approximate surface area is 288 Å². The normalized spacial score (nSPS) is 30.3. The van der Waals surface area contributed by atoms with Crippen LogP contribution in [-0.4, -0.2) is 78.1 Å². The van der Waals surface area contributed by atoms with Gasteiger partial charge in [-0.1, -0.05) is 49.6 Å². The second-order valence-corrected chi connectivity index (χ2v) is 16.4. The number of rotatable bonds is 7. The second-order valence-electron chi connectivity index (χ2n) is 14.5. The monoisotopic (exact) mass is 689 g/mol. The number of hydrogen-bond donors (Lipinski definition) is 3. The van der Waals surface area contributed by atoms with Gasteiger partial charge >= 0.3 is 0 Å². The number of pyridine rings is 1. The van der Waals surface area contributed by atoms with Crippen molar-refractivity contribution >= 4 is 44.6 Å². The van der Waals surface area contributed by atoms with E-state index in [-0.39, 0.29) is 31.2 Å². The van der Waals surface area contributed by atoms with Gasteiger partial charge in [-0.15, -0.1) is 6.58 Å². The standard InChI is InChI=1S/C37H47N5O6S/c1-2-27-22-37(27,36(45)41-49(46,47)29-15-16-29)40-33(43)31-21-28-23-42(31)35(44)32(26-11-7-8-12-26)38-18-9-5-3-4-6-10-24-13-14-25-17-19-39-34(48-28)30(25)20-24/h2,6,10,13-14,17,19-20,26-29,31-32,38H,1,3-5,7-9,11-12,15-16,18,21-23H2,(H,40,43)(H,41,45)/b10-6+/t27-,28-,31+,32+,37-/m1/s1. The summed E-state index contributed by atoms with van der Waals surface area (Å²) in [5.41, 5.74) is -0.396. The van der Waals surface area contributed by atoms with Crippen LogP contribution >= 0.6 is 0 Å². The van der Waals surface area contributed by atoms with E-state index < -0.39 is 56.7 Å². The third-order valence-electron chi connectivity index (χ3n) is 11.0. The largest absolute Gasteiger partial charge is 0.472 e. The Bertz CT molecular complexity index is 1750. The van der Waals surface area contributed by atoms with Crippen LogP contribution in [0.3, 0.4) is 0 Å². The Kier molecular flexibility index (Phi) is 9.54. The van der Waals surface area contributed by atoms with E-state index in [1.165, 1.54) is 0 Å². The van der Waals surface area contributed by atoms with E-state index in [1.807, 2.05) is 12.1 Å². The summed E-state index contributed by atoms with van der Waals surface area (Å²) in [5.74, 6) is -1.22. The zero-order valence-electron chi connectivity index (χ0n) is 27.9. The summed E-state index contributed by atoms with van der Waals surface area (Å²) in [6, 6.07) is 6.74. The van der Waals surface area contributed by atoms with E-state index in [9.17, 15) is 22.8 Å². The molecular weight excluding hydrogens is 643 g/mol. The second kappa shape index (κ2) is 13.9. The van der Waals surface area contributed by atoms with Gasteiger partial charge < -0.3 is 20.3 Å². The Morgan fingerprint density at radius 1 is 1.08 bits per heavy atom. The van der Waals surface area contributed by atoms with E-state index in [0.29, 0.717) is 25.3 Å². The average molecular weight is 690 g/mol. The van der Waals surface area contributed by atoms with Crippen LogP contribution in [0.25, 0.3) is 16.8 Å². The molecule has 1 aromatic heterocycles. The van der Waals surface area contributed by atoms with Gasteiger partial charge in [0.2, 0.25) is 27.7 Å². The molecule has 11 nitrogen and oxygen atoms in total. The van der Waals surface area contributed by atoms with Crippen LogP contribution in [0.4, 0.5) is 0 Å². The molecule has 3 aliphatic carbocycles. The highest BCUT2D eigenvalue weighted by Gasteiger charge is 2.62. The third-order valence-corrected chi connectivity index (χ3v) is 12.8. The maximum atomic E-state index is 14.6. The number of ether oxygens (including phenoxy) is 1. The lowest BCUT2D eigenvalue weighted by Crippen LogP contribution is -2.58. The van der Waals surface area contributed by atoms with Crippen molar-refractivity contribution in [1.82, 2.24) is 25.2 Å². The molecule has 5 aliphatic rings. The number of carbonyl (C=O) groups excluding carboxylic acids is 3. The average Bonchev–Trinajstić information content (AvgIpc) is 3.96. The van der Waals surface area contributed by atoms with Gasteiger partial charge in [0.25, 0.3) is 5.91 Å². The Balaban J connectivity index is 1.19. The molecular formula is C37H47N5O6S. The minimum absolute atomic E-state index is 0.138. The highest BCUT2D eigenvalue weighted by atomic mass is 32.2. The van der Waals surface area contributed by atoms with Crippen molar-refractivity contribution in [2.75, 3.05) is 13.1 Å². The molecule has 2 aromatic rings. The molecule has 262 valence electrons. The molecule has 3 amide bonds. The van der Waals surface area contributed by atoms with E-state index in [0.717, 1.165) is 67.7 Å². The molecule has 3 saturated carbocycles. The van der Waals surface area contributed by atoms with Crippen molar-refractivity contribution < 1.29 is 27.5 Å². The molecule has 0 radical (unpaired) electrons. The summed E-state index contributed by atoms with van der Waals surface area (Å²) >= 11 is 0. The predicted octanol–water partition coefficient (Wildman–Crippen LogP) is 3.99. The number of carbonyl (C=O) groups is 3. The summed E-state index contributed by atoms with van der Waals surface area (Å²) < 4.78 is 34.1. The molecule has 2 aliphatic heterocycles. The smallest absolute Gasteiger partial charge is 0.259 e. The molecule has 5 atom stereocenters. The van der Waals surface area contributed by atoms with Gasteiger partial charge in [-0.2, -0.15) is 0 Å². The minimum Gasteiger partial charge on any atom is -0.472 e. The Morgan fingerprint density at radius 2 is 1.90 bits per heavy atom. The number of nitrogens with zero attached hydrogens (tertiary/aromatic N) is 2. The van der Waals surface area contributed by atoms with Gasteiger partial charge in [-0.05, 0) is 86.9 Å². The molecule has 1 saturated heterocycles. The van der Waals surface area contributed by atoms with Crippen molar-refractivity contribution in [3.05, 3.63) is 54.8 Å². The number of benzene rings is 1. The highest BCUT2D eigenvalue weighted by Crippen LogP contribution is 2.45. The molecule has 7 rings (SSSR count). The molecule has 3 N–H and O–H groups in total. The fourth-order valence-electron chi connectivity index (χ4n) is 7.87. The Morgan fingerprint density at radius 3 is 2.65 bits per heavy atom. The van der Waals surface area contributed by atoms with Gasteiger partial charge in [0.1, 0.15) is 17.7 Å². The van der Waals surface area contributed by atoms with Crippen molar-refractivity contribution in [2.45, 2.75) is 106 Å². The number of allylic oxidation sites excluding steroid dienone is 1. The van der Waals surface area contributed by atoms with Crippen molar-refractivity contribution in [3.63, 3.8) is 0 Å². The van der Waals surface area contributed by atoms with Gasteiger partial charge in [-0.25, -0.2) is 13.4 Å². The minimum atomic E-state index is -3.83. The highest BCUT2D eigenvalue weighted by molar-refractivity contribution is 7.91. The van der Waals surface area contributed by atoms with E-state index in [4.69, 9.17) is 4.74 Å². The number of sulfonamides is 1. The van der Waals surface area contributed by atoms with Crippen molar-refractivity contribution in [2.24, 2.45) is 11.8 Å². The quantitative estimate of drug-likeness (QED) is 0.370. The van der Waals surface area contributed by atoms with Gasteiger partial charge in [0.05, 0.1) is 17.8 Å². The lowest BCUT2D eigenvalue weighted by molar-refractivity contribution is -0.142. The number of amides is 3. The summed E-state index contributed by atoms with van der Waals surface area (Å²) in [4.78, 5) is 48.5. The molecule has 3 heterocycles. The first kappa shape index (κ1) is 33.7. The van der Waals surface area contributed by atoms with Crippen LogP contribution in [0.1, 0.15) is 82.6 Å². The number of fused-ring (bicyclic) bond motifs is 3. The van der Waals surface area contributed by atoms with Gasteiger partial charge in [0.15, 0.2) is 0 Å². The number of nitrogens with one attached hydrogen (secondary N) is 3. The topological polar surface area (TPSA) is 147 Å². The van der Waals surface area contributed by atoms with Crippen LogP contribution < -0.4 is 20.1 Å². The lowest BCUT2D eigenvalue weighted by atomic mass is 9.96. The molecule has 1 aromatic carbocycles. The molecule has 4 fully saturated rings. The number of aromatic nitrogens is 1. The molecule has 0 unspecified atom stereocenters. The van der Waals surface area contributed by atoms with Gasteiger partial charge in [-0.3, -0.25) is 19.1 Å². The number of hydrogen-bond acceptors (Lipinski definition) is 8. The SMILES string of the molecule is C=C[C@@H]1C[C@]1(NC(=O)[C@@H]1C[C@@H]2CN1C(=O)[C@H](C1CCCC1)NCCCCC/C=C/c1ccc3ccnc(c3c1)O2)C(=O)NS(=O)(=O)C1CC1. The van der Waals surface area contributed by atoms with Crippen LogP contribution in [0.2, 0.25) is 0 Å². The fourth-order valence-corrected chi connectivity index (χ4v) is 9.24. The van der Waals surface area contributed by atoms with E-state index in [1.54, 1.807) is 17.2 Å². The first-order chi connectivity index (χ1) is 23.7. The fraction of sp³-hybridized carbons (Fsp3) is 0.568. The van der Waals surface area contributed by atoms with Crippen LogP contribution in [-0.2, 0) is 24.4 Å². The molecule has 12 heteroatoms. The zero-order valence-corrected chi connectivity index (χ0v) is 28.8. The van der Waals surface area contributed by atoms with Crippen molar-refractivity contribution in [1.29, 1.82) is 0 Å². The molecule has 49 heavy (non-hydrogen) atoms. The summed E-state index contributed by atoms with van der Waals surface area (Å²) in [7, 11) is -3.83. The zero-order chi connectivity index (χ0) is 34.2. The Hall–Kier alpha value is -3.77. The lowest BCUT2D eigenvalue weighted by Gasteiger charge is -2.32. The molecule has 0 spiro atoms. The van der Waals surface area contributed by atoms with Crippen LogP contribution in [0, 0.1) is 11.8 Å². The van der Waals surface area contributed by atoms with Gasteiger partial charge in [0, 0.05) is 23.9 Å². The summed E-state index contributed by atoms with van der Waals surface area (Å²) in [6.45, 7) is 4.70. The predicted molar refractivity (Wildman–Crippen MR) is 187 cm³/mol.